The Morgan fingerprint density at radius 3 is 2.14 bits per heavy atom. The number of fused-ring (bicyclic) bond motifs is 1. The molecule has 0 spiro atoms. The van der Waals surface area contributed by atoms with Crippen LogP contribution in [0.3, 0.4) is 0 Å². The molecule has 0 saturated carbocycles. The molecular weight excluding hydrogens is 358 g/mol. The van der Waals surface area contributed by atoms with Gasteiger partial charge < -0.3 is 9.64 Å². The van der Waals surface area contributed by atoms with Crippen molar-refractivity contribution in [2.45, 2.75) is 38.1 Å². The van der Waals surface area contributed by atoms with E-state index in [1.807, 2.05) is 53.4 Å². The molecule has 1 atom stereocenters. The molecule has 3 heteroatoms. The largest absolute Gasteiger partial charge is 0.497 e. The zero-order chi connectivity index (χ0) is 20.6. The zero-order valence-electron chi connectivity index (χ0n) is 17.5. The van der Waals surface area contributed by atoms with Gasteiger partial charge in [-0.25, -0.2) is 0 Å². The standard InChI is InChI=1S/C26H27NO2/c1-25(2)18-26(3,20-14-16-21(29-4)17-15-20)22-12-8-9-13-23(22)27(25)24(28)19-10-6-5-7-11-19/h5-17H,18H2,1-4H3. The molecule has 0 radical (unpaired) electrons. The number of benzene rings is 3. The predicted molar refractivity (Wildman–Crippen MR) is 118 cm³/mol. The summed E-state index contributed by atoms with van der Waals surface area (Å²) in [6.45, 7) is 6.59. The summed E-state index contributed by atoms with van der Waals surface area (Å²) < 4.78 is 5.34. The number of ether oxygens (including phenoxy) is 1. The van der Waals surface area contributed by atoms with Gasteiger partial charge in [-0.05, 0) is 61.7 Å². The van der Waals surface area contributed by atoms with Crippen molar-refractivity contribution in [3.8, 4) is 5.75 Å². The van der Waals surface area contributed by atoms with Crippen LogP contribution in [0.4, 0.5) is 5.69 Å². The monoisotopic (exact) mass is 385 g/mol. The quantitative estimate of drug-likeness (QED) is 0.568. The molecule has 0 aliphatic carbocycles. The van der Waals surface area contributed by atoms with Crippen molar-refractivity contribution in [3.63, 3.8) is 0 Å². The van der Waals surface area contributed by atoms with Gasteiger partial charge in [0.05, 0.1) is 7.11 Å². The van der Waals surface area contributed by atoms with E-state index < -0.39 is 0 Å². The molecule has 3 nitrogen and oxygen atoms in total. The van der Waals surface area contributed by atoms with Crippen LogP contribution in [0.15, 0.2) is 78.9 Å². The van der Waals surface area contributed by atoms with E-state index in [9.17, 15) is 4.79 Å². The van der Waals surface area contributed by atoms with Gasteiger partial charge in [0.15, 0.2) is 0 Å². The van der Waals surface area contributed by atoms with Crippen LogP contribution in [0.1, 0.15) is 48.7 Å². The van der Waals surface area contributed by atoms with E-state index in [0.717, 1.165) is 17.9 Å². The van der Waals surface area contributed by atoms with Crippen molar-refractivity contribution < 1.29 is 9.53 Å². The molecule has 1 unspecified atom stereocenters. The number of rotatable bonds is 3. The third kappa shape index (κ3) is 3.21. The average Bonchev–Trinajstić information content (AvgIpc) is 2.73. The van der Waals surface area contributed by atoms with Crippen molar-refractivity contribution in [2.75, 3.05) is 12.0 Å². The maximum Gasteiger partial charge on any atom is 0.258 e. The summed E-state index contributed by atoms with van der Waals surface area (Å²) in [5.41, 5.74) is 3.54. The SMILES string of the molecule is COc1ccc(C2(C)CC(C)(C)N(C(=O)c3ccccc3)c3ccccc32)cc1. The fraction of sp³-hybridized carbons (Fsp3) is 0.269. The Labute approximate surface area is 172 Å². The third-order valence-corrected chi connectivity index (χ3v) is 6.08. The normalized spacial score (nSPS) is 20.1. The second-order valence-corrected chi connectivity index (χ2v) is 8.57. The second-order valence-electron chi connectivity index (χ2n) is 8.57. The van der Waals surface area contributed by atoms with Crippen LogP contribution in [0, 0.1) is 0 Å². The molecule has 148 valence electrons. The molecule has 1 aliphatic rings. The van der Waals surface area contributed by atoms with Crippen LogP contribution in [-0.2, 0) is 5.41 Å². The molecule has 0 fully saturated rings. The molecule has 0 N–H and O–H groups in total. The number of hydrogen-bond acceptors (Lipinski definition) is 2. The zero-order valence-corrected chi connectivity index (χ0v) is 17.5. The summed E-state index contributed by atoms with van der Waals surface area (Å²) in [6, 6.07) is 26.1. The van der Waals surface area contributed by atoms with Crippen LogP contribution in [-0.4, -0.2) is 18.6 Å². The maximum atomic E-state index is 13.5. The van der Waals surface area contributed by atoms with E-state index in [1.54, 1.807) is 7.11 Å². The number of carbonyl (C=O) groups excluding carboxylic acids is 1. The molecule has 1 amide bonds. The molecule has 1 aliphatic heterocycles. The number of carbonyl (C=O) groups is 1. The Morgan fingerprint density at radius 2 is 1.48 bits per heavy atom. The minimum absolute atomic E-state index is 0.0415. The summed E-state index contributed by atoms with van der Waals surface area (Å²) in [5.74, 6) is 0.890. The van der Waals surface area contributed by atoms with Gasteiger partial charge in [0.25, 0.3) is 5.91 Å². The van der Waals surface area contributed by atoms with Crippen molar-refractivity contribution in [1.29, 1.82) is 0 Å². The summed E-state index contributed by atoms with van der Waals surface area (Å²) in [7, 11) is 1.68. The predicted octanol–water partition coefficient (Wildman–Crippen LogP) is 5.83. The van der Waals surface area contributed by atoms with Crippen LogP contribution < -0.4 is 9.64 Å². The first-order chi connectivity index (χ1) is 13.9. The minimum Gasteiger partial charge on any atom is -0.497 e. The Morgan fingerprint density at radius 1 is 0.862 bits per heavy atom. The number of anilines is 1. The number of para-hydroxylation sites is 1. The molecule has 4 rings (SSSR count). The van der Waals surface area contributed by atoms with E-state index >= 15 is 0 Å². The molecule has 0 bridgehead atoms. The van der Waals surface area contributed by atoms with Gasteiger partial charge in [-0.2, -0.15) is 0 Å². The van der Waals surface area contributed by atoms with Gasteiger partial charge in [0.2, 0.25) is 0 Å². The van der Waals surface area contributed by atoms with Crippen LogP contribution in [0.5, 0.6) is 5.75 Å². The lowest BCUT2D eigenvalue weighted by atomic mass is 9.65. The van der Waals surface area contributed by atoms with Crippen molar-refractivity contribution in [1.82, 2.24) is 0 Å². The first-order valence-electron chi connectivity index (χ1n) is 10.0. The van der Waals surface area contributed by atoms with E-state index in [-0.39, 0.29) is 16.9 Å². The van der Waals surface area contributed by atoms with Crippen LogP contribution in [0.2, 0.25) is 0 Å². The smallest absolute Gasteiger partial charge is 0.258 e. The van der Waals surface area contributed by atoms with E-state index in [0.29, 0.717) is 5.56 Å². The molecule has 29 heavy (non-hydrogen) atoms. The molecule has 1 heterocycles. The Kier molecular flexibility index (Phi) is 4.70. The second kappa shape index (κ2) is 7.07. The highest BCUT2D eigenvalue weighted by Gasteiger charge is 2.47. The topological polar surface area (TPSA) is 29.5 Å². The minimum atomic E-state index is -0.351. The van der Waals surface area contributed by atoms with Gasteiger partial charge in [0.1, 0.15) is 5.75 Å². The first-order valence-corrected chi connectivity index (χ1v) is 10.0. The first kappa shape index (κ1) is 19.3. The summed E-state index contributed by atoms with van der Waals surface area (Å²) in [5, 5.41) is 0. The Bertz CT molecular complexity index is 1020. The fourth-order valence-corrected chi connectivity index (χ4v) is 4.81. The number of hydrogen-bond donors (Lipinski definition) is 0. The van der Waals surface area contributed by atoms with E-state index in [1.165, 1.54) is 11.1 Å². The average molecular weight is 386 g/mol. The van der Waals surface area contributed by atoms with Crippen molar-refractivity contribution >= 4 is 11.6 Å². The molecule has 0 aromatic heterocycles. The fourth-order valence-electron chi connectivity index (χ4n) is 4.81. The third-order valence-electron chi connectivity index (χ3n) is 6.08. The molecular formula is C26H27NO2. The lowest BCUT2D eigenvalue weighted by molar-refractivity contribution is 0.0948. The van der Waals surface area contributed by atoms with Gasteiger partial charge in [0, 0.05) is 22.2 Å². The van der Waals surface area contributed by atoms with Gasteiger partial charge >= 0.3 is 0 Å². The molecule has 3 aromatic rings. The highest BCUT2D eigenvalue weighted by atomic mass is 16.5. The number of methoxy groups -OCH3 is 1. The van der Waals surface area contributed by atoms with Crippen LogP contribution in [0.25, 0.3) is 0 Å². The summed E-state index contributed by atoms with van der Waals surface area (Å²) in [4.78, 5) is 15.5. The molecule has 0 saturated heterocycles. The highest BCUT2D eigenvalue weighted by Crippen LogP contribution is 2.50. The number of amides is 1. The lowest BCUT2D eigenvalue weighted by Gasteiger charge is -2.51. The number of nitrogens with zero attached hydrogens (tertiary/aromatic N) is 1. The Balaban J connectivity index is 1.86. The van der Waals surface area contributed by atoms with E-state index in [4.69, 9.17) is 4.74 Å². The van der Waals surface area contributed by atoms with Gasteiger partial charge in [-0.1, -0.05) is 55.5 Å². The van der Waals surface area contributed by atoms with Gasteiger partial charge in [-0.15, -0.1) is 0 Å². The van der Waals surface area contributed by atoms with Crippen molar-refractivity contribution in [3.05, 3.63) is 95.6 Å². The van der Waals surface area contributed by atoms with Crippen LogP contribution >= 0.6 is 0 Å². The summed E-state index contributed by atoms with van der Waals surface area (Å²) in [6.07, 6.45) is 0.821. The van der Waals surface area contributed by atoms with E-state index in [2.05, 4.69) is 51.1 Å². The highest BCUT2D eigenvalue weighted by molar-refractivity contribution is 6.08. The summed E-state index contributed by atoms with van der Waals surface area (Å²) >= 11 is 0. The lowest BCUT2D eigenvalue weighted by Crippen LogP contribution is -2.55. The maximum absolute atomic E-state index is 13.5. The Hall–Kier alpha value is -3.07. The van der Waals surface area contributed by atoms with Crippen molar-refractivity contribution in [2.24, 2.45) is 0 Å². The van der Waals surface area contributed by atoms with Gasteiger partial charge in [-0.3, -0.25) is 4.79 Å². The molecule has 3 aromatic carbocycles.